The van der Waals surface area contributed by atoms with Gasteiger partial charge in [-0.3, -0.25) is 9.59 Å². The molecule has 2 N–H and O–H groups in total. The maximum atomic E-state index is 13.6. The molecule has 1 aromatic heterocycles. The van der Waals surface area contributed by atoms with Crippen LogP contribution in [0.25, 0.3) is 0 Å². The minimum atomic E-state index is -0.844. The molecule has 28 heavy (non-hydrogen) atoms. The van der Waals surface area contributed by atoms with Crippen molar-refractivity contribution in [3.05, 3.63) is 81.3 Å². The van der Waals surface area contributed by atoms with Crippen molar-refractivity contribution in [1.29, 1.82) is 0 Å². The number of aromatic amines is 1. The van der Waals surface area contributed by atoms with E-state index in [-0.39, 0.29) is 12.1 Å². The van der Waals surface area contributed by atoms with Crippen LogP contribution in [0.3, 0.4) is 0 Å². The number of benzene rings is 2. The summed E-state index contributed by atoms with van der Waals surface area (Å²) in [5.74, 6) is -1.49. The van der Waals surface area contributed by atoms with Crippen LogP contribution in [0.4, 0.5) is 8.78 Å². The van der Waals surface area contributed by atoms with Crippen LogP contribution in [0, 0.1) is 11.6 Å². The highest BCUT2D eigenvalue weighted by molar-refractivity contribution is 5.91. The Hall–Kier alpha value is -3.82. The number of rotatable bonds is 6. The Kier molecular flexibility index (Phi) is 5.58. The minimum absolute atomic E-state index is 0.0539. The lowest BCUT2D eigenvalue weighted by Gasteiger charge is -2.04. The number of amides is 1. The van der Waals surface area contributed by atoms with Gasteiger partial charge in [-0.2, -0.15) is 10.3 Å². The van der Waals surface area contributed by atoms with Crippen LogP contribution in [0.5, 0.6) is 5.75 Å². The molecule has 3 rings (SSSR count). The lowest BCUT2D eigenvalue weighted by molar-refractivity contribution is 0.0944. The van der Waals surface area contributed by atoms with Crippen molar-refractivity contribution < 1.29 is 18.3 Å². The molecule has 0 fully saturated rings. The normalized spacial score (nSPS) is 11.0. The van der Waals surface area contributed by atoms with Crippen molar-refractivity contribution in [3.8, 4) is 5.75 Å². The van der Waals surface area contributed by atoms with Gasteiger partial charge >= 0.3 is 5.56 Å². The first kappa shape index (κ1) is 19.0. The summed E-state index contributed by atoms with van der Waals surface area (Å²) in [6.45, 7) is -0.302. The molecule has 10 heteroatoms. The molecular formula is C18H15F2N5O3. The second-order valence-corrected chi connectivity index (χ2v) is 5.61. The smallest absolute Gasteiger partial charge is 0.320 e. The van der Waals surface area contributed by atoms with E-state index in [1.165, 1.54) is 6.21 Å². The van der Waals surface area contributed by atoms with Gasteiger partial charge in [0.1, 0.15) is 17.4 Å². The van der Waals surface area contributed by atoms with Crippen LogP contribution in [0.2, 0.25) is 0 Å². The Morgan fingerprint density at radius 3 is 2.75 bits per heavy atom. The van der Waals surface area contributed by atoms with Gasteiger partial charge in [-0.25, -0.2) is 8.78 Å². The van der Waals surface area contributed by atoms with Crippen molar-refractivity contribution in [2.24, 2.45) is 5.10 Å². The monoisotopic (exact) mass is 387 g/mol. The maximum absolute atomic E-state index is 13.6. The second-order valence-electron chi connectivity index (χ2n) is 5.61. The second kappa shape index (κ2) is 8.25. The third-order valence-corrected chi connectivity index (χ3v) is 3.75. The minimum Gasteiger partial charge on any atom is -0.497 e. The lowest BCUT2D eigenvalue weighted by atomic mass is 10.2. The van der Waals surface area contributed by atoms with E-state index in [9.17, 15) is 18.4 Å². The highest BCUT2D eigenvalue weighted by atomic mass is 19.1. The molecular weight excluding hydrogens is 372 g/mol. The number of nitrogens with one attached hydrogen (secondary N) is 2. The topological polar surface area (TPSA) is 101 Å². The van der Waals surface area contributed by atoms with Crippen LogP contribution >= 0.6 is 0 Å². The molecule has 1 amide bonds. The average Bonchev–Trinajstić information content (AvgIpc) is 3.07. The SMILES string of the molecule is COc1ccc(C=Nn2[nH]nc(C(=O)NCc3cc(F)ccc3F)c2=O)cc1. The van der Waals surface area contributed by atoms with E-state index in [0.29, 0.717) is 11.3 Å². The van der Waals surface area contributed by atoms with Crippen LogP contribution < -0.4 is 15.6 Å². The first-order valence-corrected chi connectivity index (χ1v) is 8.06. The molecule has 8 nitrogen and oxygen atoms in total. The Bertz CT molecular complexity index is 1070. The zero-order valence-corrected chi connectivity index (χ0v) is 14.6. The van der Waals surface area contributed by atoms with Crippen LogP contribution in [0.15, 0.2) is 52.4 Å². The molecule has 1 heterocycles. The molecule has 0 unspecified atom stereocenters. The highest BCUT2D eigenvalue weighted by Gasteiger charge is 2.17. The lowest BCUT2D eigenvalue weighted by Crippen LogP contribution is -2.29. The van der Waals surface area contributed by atoms with Crippen molar-refractivity contribution in [1.82, 2.24) is 20.4 Å². The Morgan fingerprint density at radius 1 is 1.29 bits per heavy atom. The van der Waals surface area contributed by atoms with Gasteiger partial charge in [0, 0.05) is 12.1 Å². The van der Waals surface area contributed by atoms with Gasteiger partial charge in [-0.05, 0) is 48.0 Å². The summed E-state index contributed by atoms with van der Waals surface area (Å²) in [5.41, 5.74) is -0.609. The molecule has 144 valence electrons. The number of ether oxygens (including phenoxy) is 1. The number of carbonyl (C=O) groups excluding carboxylic acids is 1. The number of halogens is 2. The van der Waals surface area contributed by atoms with E-state index in [0.717, 1.165) is 23.0 Å². The van der Waals surface area contributed by atoms with Crippen molar-refractivity contribution in [3.63, 3.8) is 0 Å². The molecule has 0 bridgehead atoms. The number of hydrogen-bond donors (Lipinski definition) is 2. The number of H-pyrrole nitrogens is 1. The van der Waals surface area contributed by atoms with E-state index in [1.54, 1.807) is 31.4 Å². The fraction of sp³-hybridized carbons (Fsp3) is 0.111. The predicted octanol–water partition coefficient (Wildman–Crippen LogP) is 1.67. The summed E-state index contributed by atoms with van der Waals surface area (Å²) < 4.78 is 31.8. The first-order valence-electron chi connectivity index (χ1n) is 8.06. The predicted molar refractivity (Wildman–Crippen MR) is 96.4 cm³/mol. The summed E-state index contributed by atoms with van der Waals surface area (Å²) in [5, 5.41) is 12.1. The van der Waals surface area contributed by atoms with Crippen molar-refractivity contribution in [2.45, 2.75) is 6.54 Å². The average molecular weight is 387 g/mol. The molecule has 0 aliphatic heterocycles. The summed E-state index contributed by atoms with van der Waals surface area (Å²) in [4.78, 5) is 25.1. The summed E-state index contributed by atoms with van der Waals surface area (Å²) in [6.07, 6.45) is 1.39. The molecule has 0 spiro atoms. The fourth-order valence-corrected chi connectivity index (χ4v) is 2.27. The highest BCUT2D eigenvalue weighted by Crippen LogP contribution is 2.10. The van der Waals surface area contributed by atoms with E-state index >= 15 is 0 Å². The third kappa shape index (κ3) is 4.29. The van der Waals surface area contributed by atoms with Gasteiger partial charge in [0.2, 0.25) is 5.69 Å². The molecule has 3 aromatic rings. The van der Waals surface area contributed by atoms with E-state index in [1.807, 2.05) is 0 Å². The zero-order valence-electron chi connectivity index (χ0n) is 14.6. The van der Waals surface area contributed by atoms with Gasteiger partial charge < -0.3 is 10.1 Å². The molecule has 0 aliphatic rings. The molecule has 2 aromatic carbocycles. The first-order chi connectivity index (χ1) is 13.5. The quantitative estimate of drug-likeness (QED) is 0.628. The molecule has 0 atom stereocenters. The van der Waals surface area contributed by atoms with Gasteiger partial charge in [0.15, 0.2) is 0 Å². The number of hydrogen-bond acceptors (Lipinski definition) is 5. The van der Waals surface area contributed by atoms with Crippen LogP contribution in [0.1, 0.15) is 21.6 Å². The van der Waals surface area contributed by atoms with E-state index in [2.05, 4.69) is 20.7 Å². The van der Waals surface area contributed by atoms with Crippen molar-refractivity contribution >= 4 is 12.1 Å². The summed E-state index contributed by atoms with van der Waals surface area (Å²) in [7, 11) is 1.54. The molecule has 0 saturated heterocycles. The molecule has 0 aliphatic carbocycles. The number of nitrogens with zero attached hydrogens (tertiary/aromatic N) is 3. The number of aromatic nitrogens is 3. The van der Waals surface area contributed by atoms with Gasteiger partial charge in [0.25, 0.3) is 5.91 Å². The Labute approximate surface area is 157 Å². The van der Waals surface area contributed by atoms with Gasteiger partial charge in [-0.15, -0.1) is 9.89 Å². The number of carbonyl (C=O) groups is 1. The van der Waals surface area contributed by atoms with Gasteiger partial charge in [0.05, 0.1) is 13.3 Å². The molecule has 0 saturated carbocycles. The zero-order chi connectivity index (χ0) is 20.1. The Balaban J connectivity index is 1.69. The van der Waals surface area contributed by atoms with Gasteiger partial charge in [-0.1, -0.05) is 0 Å². The van der Waals surface area contributed by atoms with E-state index < -0.39 is 28.8 Å². The third-order valence-electron chi connectivity index (χ3n) is 3.75. The number of methoxy groups -OCH3 is 1. The van der Waals surface area contributed by atoms with E-state index in [4.69, 9.17) is 4.74 Å². The van der Waals surface area contributed by atoms with Crippen molar-refractivity contribution in [2.75, 3.05) is 7.11 Å². The maximum Gasteiger partial charge on any atom is 0.320 e. The van der Waals surface area contributed by atoms with Crippen LogP contribution in [-0.2, 0) is 6.54 Å². The summed E-state index contributed by atoms with van der Waals surface area (Å²) in [6, 6.07) is 9.77. The molecule has 0 radical (unpaired) electrons. The Morgan fingerprint density at radius 2 is 2.04 bits per heavy atom. The standard InChI is InChI=1S/C18H15F2N5O3/c1-28-14-5-2-11(3-6-14)9-22-25-18(27)16(23-24-25)17(26)21-10-12-8-13(19)4-7-15(12)20/h2-9,24H,10H2,1H3,(H,21,26). The fourth-order valence-electron chi connectivity index (χ4n) is 2.27. The largest absolute Gasteiger partial charge is 0.497 e. The summed E-state index contributed by atoms with van der Waals surface area (Å²) >= 11 is 0. The van der Waals surface area contributed by atoms with Crippen LogP contribution in [-0.4, -0.2) is 34.3 Å².